The van der Waals surface area contributed by atoms with Crippen molar-refractivity contribution in [1.29, 1.82) is 0 Å². The summed E-state index contributed by atoms with van der Waals surface area (Å²) in [5.74, 6) is -0.885. The number of nitrogens with zero attached hydrogens (tertiary/aromatic N) is 2. The number of thiophene rings is 1. The zero-order valence-corrected chi connectivity index (χ0v) is 15.3. The lowest BCUT2D eigenvalue weighted by Gasteiger charge is -2.03. The molecule has 3 rings (SSSR count). The number of carbonyl (C=O) groups is 2. The highest BCUT2D eigenvalue weighted by Crippen LogP contribution is 2.29. The van der Waals surface area contributed by atoms with E-state index in [1.807, 2.05) is 25.5 Å². The van der Waals surface area contributed by atoms with E-state index >= 15 is 0 Å². The summed E-state index contributed by atoms with van der Waals surface area (Å²) in [4.78, 5) is 35.2. The summed E-state index contributed by atoms with van der Waals surface area (Å²) in [6, 6.07) is 7.69. The lowest BCUT2D eigenvalue weighted by atomic mass is 10.1. The molecule has 0 atom stereocenters. The van der Waals surface area contributed by atoms with Crippen molar-refractivity contribution in [2.24, 2.45) is 7.05 Å². The molecule has 0 unspecified atom stereocenters. The van der Waals surface area contributed by atoms with Crippen LogP contribution in [0.3, 0.4) is 0 Å². The third-order valence-electron chi connectivity index (χ3n) is 4.32. The van der Waals surface area contributed by atoms with E-state index in [1.54, 1.807) is 12.1 Å². The standard InChI is InChI=1S/C18H16N2O5S/c1-10-6-14(11(2)19(10)3)15(21)9-25-18(22)17-8-12-7-13(20(23)24)4-5-16(12)26-17/h4-8H,9H2,1-3H3. The molecule has 7 nitrogen and oxygen atoms in total. The van der Waals surface area contributed by atoms with E-state index in [0.29, 0.717) is 15.8 Å². The Hall–Kier alpha value is -3.00. The van der Waals surface area contributed by atoms with Gasteiger partial charge in [-0.05, 0) is 32.0 Å². The Labute approximate surface area is 153 Å². The molecule has 0 N–H and O–H groups in total. The molecule has 1 aromatic carbocycles. The van der Waals surface area contributed by atoms with Gasteiger partial charge in [-0.3, -0.25) is 14.9 Å². The van der Waals surface area contributed by atoms with Gasteiger partial charge in [0.05, 0.1) is 4.92 Å². The highest BCUT2D eigenvalue weighted by Gasteiger charge is 2.18. The van der Waals surface area contributed by atoms with Crippen molar-refractivity contribution in [3.05, 3.63) is 62.3 Å². The van der Waals surface area contributed by atoms with Crippen molar-refractivity contribution < 1.29 is 19.2 Å². The number of hydrogen-bond acceptors (Lipinski definition) is 6. The van der Waals surface area contributed by atoms with E-state index in [2.05, 4.69) is 0 Å². The van der Waals surface area contributed by atoms with Gasteiger partial charge in [-0.15, -0.1) is 11.3 Å². The molecule has 0 saturated carbocycles. The van der Waals surface area contributed by atoms with Crippen LogP contribution in [0.25, 0.3) is 10.1 Å². The van der Waals surface area contributed by atoms with Crippen molar-refractivity contribution in [3.63, 3.8) is 0 Å². The molecule has 8 heteroatoms. The van der Waals surface area contributed by atoms with E-state index in [9.17, 15) is 19.7 Å². The smallest absolute Gasteiger partial charge is 0.348 e. The Balaban J connectivity index is 1.73. The van der Waals surface area contributed by atoms with E-state index in [0.717, 1.165) is 16.1 Å². The average Bonchev–Trinajstić information content (AvgIpc) is 3.15. The topological polar surface area (TPSA) is 91.4 Å². The maximum absolute atomic E-state index is 12.3. The van der Waals surface area contributed by atoms with Crippen LogP contribution in [0.5, 0.6) is 0 Å². The fourth-order valence-electron chi connectivity index (χ4n) is 2.66. The van der Waals surface area contributed by atoms with Crippen LogP contribution in [0.1, 0.15) is 31.4 Å². The molecule has 2 heterocycles. The summed E-state index contributed by atoms with van der Waals surface area (Å²) in [7, 11) is 1.86. The van der Waals surface area contributed by atoms with Crippen LogP contribution in [0.4, 0.5) is 5.69 Å². The first-order valence-corrected chi connectivity index (χ1v) is 8.61. The molecule has 2 aromatic heterocycles. The summed E-state index contributed by atoms with van der Waals surface area (Å²) in [6.45, 7) is 3.38. The zero-order chi connectivity index (χ0) is 19.0. The number of aromatic nitrogens is 1. The van der Waals surface area contributed by atoms with Crippen molar-refractivity contribution in [2.45, 2.75) is 13.8 Å². The first-order chi connectivity index (χ1) is 12.3. The number of rotatable bonds is 5. The number of Topliss-reactive ketones (excluding diaryl/α,β-unsaturated/α-hetero) is 1. The van der Waals surface area contributed by atoms with Gasteiger partial charge in [-0.1, -0.05) is 0 Å². The van der Waals surface area contributed by atoms with Crippen molar-refractivity contribution in [1.82, 2.24) is 4.57 Å². The van der Waals surface area contributed by atoms with E-state index in [4.69, 9.17) is 4.74 Å². The number of nitro benzene ring substituents is 1. The molecule has 0 spiro atoms. The van der Waals surface area contributed by atoms with E-state index < -0.39 is 10.9 Å². The maximum atomic E-state index is 12.3. The lowest BCUT2D eigenvalue weighted by Crippen LogP contribution is -2.14. The predicted molar refractivity (Wildman–Crippen MR) is 98.0 cm³/mol. The van der Waals surface area contributed by atoms with Crippen LogP contribution < -0.4 is 0 Å². The molecule has 0 aliphatic heterocycles. The number of carbonyl (C=O) groups excluding carboxylic acids is 2. The molecule has 0 bridgehead atoms. The molecule has 0 saturated heterocycles. The molecule has 134 valence electrons. The fourth-order valence-corrected chi connectivity index (χ4v) is 3.60. The number of esters is 1. The van der Waals surface area contributed by atoms with Gasteiger partial charge in [0.2, 0.25) is 5.78 Å². The fraction of sp³-hybridized carbons (Fsp3) is 0.222. The van der Waals surface area contributed by atoms with Gasteiger partial charge in [0.25, 0.3) is 5.69 Å². The quantitative estimate of drug-likeness (QED) is 0.294. The highest BCUT2D eigenvalue weighted by molar-refractivity contribution is 7.20. The summed E-state index contributed by atoms with van der Waals surface area (Å²) >= 11 is 1.17. The van der Waals surface area contributed by atoms with Gasteiger partial charge < -0.3 is 9.30 Å². The SMILES string of the molecule is Cc1cc(C(=O)COC(=O)c2cc3cc([N+](=O)[O-])ccc3s2)c(C)n1C. The Kier molecular flexibility index (Phi) is 4.60. The zero-order valence-electron chi connectivity index (χ0n) is 14.4. The number of nitro groups is 1. The van der Waals surface area contributed by atoms with Crippen molar-refractivity contribution in [3.8, 4) is 0 Å². The van der Waals surface area contributed by atoms with Crippen LogP contribution in [0, 0.1) is 24.0 Å². The van der Waals surface area contributed by atoms with Gasteiger partial charge in [0, 0.05) is 46.2 Å². The van der Waals surface area contributed by atoms with E-state index in [-0.39, 0.29) is 18.1 Å². The minimum atomic E-state index is -0.618. The number of hydrogen-bond donors (Lipinski definition) is 0. The third kappa shape index (κ3) is 3.23. The van der Waals surface area contributed by atoms with E-state index in [1.165, 1.54) is 29.5 Å². The molecule has 0 amide bonds. The van der Waals surface area contributed by atoms with Crippen LogP contribution in [0.2, 0.25) is 0 Å². The molecule has 26 heavy (non-hydrogen) atoms. The van der Waals surface area contributed by atoms with Gasteiger partial charge in [0.15, 0.2) is 6.61 Å². The molecule has 0 fully saturated rings. The van der Waals surface area contributed by atoms with Gasteiger partial charge in [-0.2, -0.15) is 0 Å². The molecule has 3 aromatic rings. The number of non-ortho nitro benzene ring substituents is 1. The number of benzene rings is 1. The lowest BCUT2D eigenvalue weighted by molar-refractivity contribution is -0.384. The predicted octanol–water partition coefficient (Wildman–Crippen LogP) is 3.80. The van der Waals surface area contributed by atoms with Crippen LogP contribution in [-0.4, -0.2) is 27.8 Å². The van der Waals surface area contributed by atoms with Crippen LogP contribution in [0.15, 0.2) is 30.3 Å². The number of fused-ring (bicyclic) bond motifs is 1. The minimum Gasteiger partial charge on any atom is -0.453 e. The monoisotopic (exact) mass is 372 g/mol. The summed E-state index contributed by atoms with van der Waals surface area (Å²) < 4.78 is 7.77. The number of aryl methyl sites for hydroxylation is 1. The first kappa shape index (κ1) is 17.8. The second-order valence-electron chi connectivity index (χ2n) is 5.93. The average molecular weight is 372 g/mol. The molecular formula is C18H16N2O5S. The van der Waals surface area contributed by atoms with Crippen molar-refractivity contribution in [2.75, 3.05) is 6.61 Å². The molecule has 0 aliphatic rings. The number of ketones is 1. The molecular weight excluding hydrogens is 356 g/mol. The van der Waals surface area contributed by atoms with Crippen LogP contribution >= 0.6 is 11.3 Å². The normalized spacial score (nSPS) is 10.9. The third-order valence-corrected chi connectivity index (χ3v) is 5.42. The summed E-state index contributed by atoms with van der Waals surface area (Å²) in [6.07, 6.45) is 0. The van der Waals surface area contributed by atoms with Crippen LogP contribution in [-0.2, 0) is 11.8 Å². The largest absolute Gasteiger partial charge is 0.453 e. The van der Waals surface area contributed by atoms with Gasteiger partial charge >= 0.3 is 5.97 Å². The Morgan fingerprint density at radius 3 is 2.58 bits per heavy atom. The Bertz CT molecular complexity index is 1050. The Morgan fingerprint density at radius 1 is 1.23 bits per heavy atom. The minimum absolute atomic E-state index is 0.0414. The summed E-state index contributed by atoms with van der Waals surface area (Å²) in [5, 5.41) is 11.4. The second-order valence-corrected chi connectivity index (χ2v) is 7.02. The van der Waals surface area contributed by atoms with Gasteiger partial charge in [0.1, 0.15) is 4.88 Å². The second kappa shape index (κ2) is 6.72. The first-order valence-electron chi connectivity index (χ1n) is 7.79. The highest BCUT2D eigenvalue weighted by atomic mass is 32.1. The maximum Gasteiger partial charge on any atom is 0.348 e. The van der Waals surface area contributed by atoms with Crippen molar-refractivity contribution >= 4 is 38.9 Å². The Morgan fingerprint density at radius 2 is 1.96 bits per heavy atom. The number of ether oxygens (including phenoxy) is 1. The summed E-state index contributed by atoms with van der Waals surface area (Å²) in [5.41, 5.74) is 2.26. The van der Waals surface area contributed by atoms with Gasteiger partial charge in [-0.25, -0.2) is 4.79 Å². The molecule has 0 aliphatic carbocycles. The molecule has 0 radical (unpaired) electrons.